The predicted octanol–water partition coefficient (Wildman–Crippen LogP) is 2.35. The molecule has 0 atom stereocenters. The minimum Gasteiger partial charge on any atom is -0.287 e. The summed E-state index contributed by atoms with van der Waals surface area (Å²) in [4.78, 5) is 10.4. The van der Waals surface area contributed by atoms with Crippen LogP contribution in [-0.4, -0.2) is 12.5 Å². The number of carbonyl (C=O) groups excluding carboxylic acids is 1. The molecule has 0 saturated heterocycles. The Hall–Kier alpha value is -0.220. The molecule has 13 heavy (non-hydrogen) atoms. The number of amides is 1. The van der Waals surface area contributed by atoms with Crippen molar-refractivity contribution in [2.24, 2.45) is 5.92 Å². The molecule has 0 aromatic heterocycles. The fraction of sp³-hybridized carbons (Fsp3) is 0.889. The van der Waals surface area contributed by atoms with Crippen LogP contribution in [0.1, 0.15) is 41.0 Å². The van der Waals surface area contributed by atoms with Crippen molar-refractivity contribution in [3.8, 4) is 0 Å². The number of nitrogens with one attached hydrogen (secondary N) is 2. The van der Waals surface area contributed by atoms with E-state index in [2.05, 4.69) is 23.3 Å². The summed E-state index contributed by atoms with van der Waals surface area (Å²) in [5.41, 5.74) is 0. The molecule has 3 nitrogen and oxygen atoms in total. The maximum Gasteiger partial charge on any atom is 0.227 e. The van der Waals surface area contributed by atoms with Gasteiger partial charge in [-0.2, -0.15) is 0 Å². The second-order valence-corrected chi connectivity index (χ2v) is 3.53. The van der Waals surface area contributed by atoms with E-state index in [4.69, 9.17) is 0 Å². The summed E-state index contributed by atoms with van der Waals surface area (Å²) in [5.74, 6) is 0.687. The van der Waals surface area contributed by atoms with E-state index in [1.165, 1.54) is 19.1 Å². The third-order valence-electron chi connectivity index (χ3n) is 1.09. The zero-order chi connectivity index (χ0) is 10.7. The normalized spacial score (nSPS) is 9.08. The van der Waals surface area contributed by atoms with Crippen LogP contribution in [0.25, 0.3) is 0 Å². The highest BCUT2D eigenvalue weighted by atomic mass is 32.2. The molecule has 0 saturated carbocycles. The van der Waals surface area contributed by atoms with Gasteiger partial charge in [-0.3, -0.25) is 9.52 Å². The van der Waals surface area contributed by atoms with Crippen LogP contribution in [0.15, 0.2) is 0 Å². The highest BCUT2D eigenvalue weighted by Crippen LogP contribution is 1.97. The summed E-state index contributed by atoms with van der Waals surface area (Å²) in [6.45, 7) is 10.8. The number of rotatable bonds is 5. The van der Waals surface area contributed by atoms with Crippen LogP contribution >= 0.6 is 12.1 Å². The molecule has 0 bridgehead atoms. The van der Waals surface area contributed by atoms with Crippen LogP contribution in [0.2, 0.25) is 0 Å². The Bertz CT molecular complexity index is 118. The third kappa shape index (κ3) is 18.6. The Kier molecular flexibility index (Phi) is 13.8. The maximum atomic E-state index is 10.4. The van der Waals surface area contributed by atoms with Gasteiger partial charge in [0.25, 0.3) is 0 Å². The van der Waals surface area contributed by atoms with Crippen molar-refractivity contribution in [1.29, 1.82) is 0 Å². The predicted molar refractivity (Wildman–Crippen MR) is 60.2 cm³/mol. The third-order valence-corrected chi connectivity index (χ3v) is 1.83. The van der Waals surface area contributed by atoms with Gasteiger partial charge in [-0.15, -0.1) is 0 Å². The quantitative estimate of drug-likeness (QED) is 0.536. The monoisotopic (exact) mass is 206 g/mol. The molecule has 0 spiro atoms. The second kappa shape index (κ2) is 11.8. The Labute approximate surface area is 86.3 Å². The first kappa shape index (κ1) is 15.3. The molecule has 80 valence electrons. The summed E-state index contributed by atoms with van der Waals surface area (Å²) in [6, 6.07) is 0. The molecule has 2 N–H and O–H groups in total. The summed E-state index contributed by atoms with van der Waals surface area (Å²) in [5, 5.41) is 0. The standard InChI is InChI=1S/C7H16N2OS.C2H6/c1-6(2)4-5-8-11-9-7(3)10;1-2/h6,8H,4-5H2,1-3H3,(H,9,10);1-2H3. The largest absolute Gasteiger partial charge is 0.287 e. The van der Waals surface area contributed by atoms with E-state index in [-0.39, 0.29) is 5.91 Å². The van der Waals surface area contributed by atoms with Crippen LogP contribution < -0.4 is 9.44 Å². The SMILES string of the molecule is CC.CC(=O)NSNCCC(C)C. The molecule has 0 heterocycles. The van der Waals surface area contributed by atoms with Crippen LogP contribution in [0, 0.1) is 5.92 Å². The molecule has 0 aromatic rings. The van der Waals surface area contributed by atoms with Crippen molar-refractivity contribution < 1.29 is 4.79 Å². The van der Waals surface area contributed by atoms with Gasteiger partial charge in [-0.1, -0.05) is 27.7 Å². The molecule has 0 aliphatic carbocycles. The molecule has 0 aromatic carbocycles. The van der Waals surface area contributed by atoms with Gasteiger partial charge in [0, 0.05) is 25.6 Å². The second-order valence-electron chi connectivity index (χ2n) is 2.84. The van der Waals surface area contributed by atoms with Crippen molar-refractivity contribution >= 4 is 18.0 Å². The van der Waals surface area contributed by atoms with E-state index < -0.39 is 0 Å². The number of hydrogen-bond acceptors (Lipinski definition) is 3. The van der Waals surface area contributed by atoms with Crippen molar-refractivity contribution in [2.45, 2.75) is 41.0 Å². The number of hydrogen-bond donors (Lipinski definition) is 2. The maximum absolute atomic E-state index is 10.4. The minimum absolute atomic E-state index is 0.0213. The summed E-state index contributed by atoms with van der Waals surface area (Å²) >= 11 is 1.25. The van der Waals surface area contributed by atoms with Crippen LogP contribution in [0.4, 0.5) is 0 Å². The first-order valence-corrected chi connectivity index (χ1v) is 5.60. The van der Waals surface area contributed by atoms with Gasteiger partial charge in [-0.05, 0) is 12.3 Å². The van der Waals surface area contributed by atoms with Crippen LogP contribution in [-0.2, 0) is 4.79 Å². The summed E-state index contributed by atoms with van der Waals surface area (Å²) in [7, 11) is 0. The highest BCUT2D eigenvalue weighted by molar-refractivity contribution is 7.96. The Morgan fingerprint density at radius 3 is 2.31 bits per heavy atom. The molecular weight excluding hydrogens is 184 g/mol. The van der Waals surface area contributed by atoms with Crippen molar-refractivity contribution in [3.05, 3.63) is 0 Å². The molecular formula is C9H22N2OS. The fourth-order valence-corrected chi connectivity index (χ4v) is 0.942. The Morgan fingerprint density at radius 2 is 1.92 bits per heavy atom. The van der Waals surface area contributed by atoms with E-state index in [0.717, 1.165) is 13.0 Å². The molecule has 0 aliphatic rings. The average Bonchev–Trinajstić information content (AvgIpc) is 2.06. The molecule has 1 amide bonds. The van der Waals surface area contributed by atoms with E-state index >= 15 is 0 Å². The lowest BCUT2D eigenvalue weighted by atomic mass is 10.1. The van der Waals surface area contributed by atoms with E-state index in [1.807, 2.05) is 13.8 Å². The Balaban J connectivity index is 0. The molecule has 0 rings (SSSR count). The van der Waals surface area contributed by atoms with Crippen molar-refractivity contribution in [2.75, 3.05) is 6.54 Å². The zero-order valence-corrected chi connectivity index (χ0v) is 10.1. The zero-order valence-electron chi connectivity index (χ0n) is 9.31. The van der Waals surface area contributed by atoms with Gasteiger partial charge in [0.2, 0.25) is 5.91 Å². The smallest absolute Gasteiger partial charge is 0.227 e. The van der Waals surface area contributed by atoms with Gasteiger partial charge in [0.15, 0.2) is 0 Å². The first-order valence-electron chi connectivity index (χ1n) is 4.78. The molecule has 0 fully saturated rings. The van der Waals surface area contributed by atoms with Gasteiger partial charge in [-0.25, -0.2) is 4.72 Å². The van der Waals surface area contributed by atoms with E-state index in [1.54, 1.807) is 0 Å². The first-order chi connectivity index (χ1) is 6.13. The summed E-state index contributed by atoms with van der Waals surface area (Å²) in [6.07, 6.45) is 1.13. The van der Waals surface area contributed by atoms with E-state index in [0.29, 0.717) is 5.92 Å². The molecule has 0 aliphatic heterocycles. The summed E-state index contributed by atoms with van der Waals surface area (Å²) < 4.78 is 5.62. The van der Waals surface area contributed by atoms with Gasteiger partial charge < -0.3 is 0 Å². The van der Waals surface area contributed by atoms with Crippen molar-refractivity contribution in [1.82, 2.24) is 9.44 Å². The lowest BCUT2D eigenvalue weighted by molar-refractivity contribution is -0.117. The van der Waals surface area contributed by atoms with Gasteiger partial charge >= 0.3 is 0 Å². The topological polar surface area (TPSA) is 41.1 Å². The molecule has 0 radical (unpaired) electrons. The average molecular weight is 206 g/mol. The number of carbonyl (C=O) groups is 1. The molecule has 0 unspecified atom stereocenters. The van der Waals surface area contributed by atoms with Crippen molar-refractivity contribution in [3.63, 3.8) is 0 Å². The van der Waals surface area contributed by atoms with Gasteiger partial charge in [0.05, 0.1) is 0 Å². The highest BCUT2D eigenvalue weighted by Gasteiger charge is 1.93. The fourth-order valence-electron chi connectivity index (χ4n) is 0.507. The molecule has 4 heteroatoms. The van der Waals surface area contributed by atoms with Gasteiger partial charge in [0.1, 0.15) is 0 Å². The van der Waals surface area contributed by atoms with E-state index in [9.17, 15) is 4.79 Å². The Morgan fingerprint density at radius 1 is 1.38 bits per heavy atom. The van der Waals surface area contributed by atoms with Crippen LogP contribution in [0.3, 0.4) is 0 Å². The van der Waals surface area contributed by atoms with Crippen LogP contribution in [0.5, 0.6) is 0 Å². The lowest BCUT2D eigenvalue weighted by Gasteiger charge is -2.05. The minimum atomic E-state index is -0.0213. The lowest BCUT2D eigenvalue weighted by Crippen LogP contribution is -2.19.